The number of ether oxygens (including phenoxy) is 1. The van der Waals surface area contributed by atoms with Crippen molar-refractivity contribution in [2.45, 2.75) is 31.4 Å². The Morgan fingerprint density at radius 3 is 2.63 bits per heavy atom. The number of benzene rings is 1. The lowest BCUT2D eigenvalue weighted by Gasteiger charge is -2.36. The minimum absolute atomic E-state index is 0.0531. The summed E-state index contributed by atoms with van der Waals surface area (Å²) in [5, 5.41) is 5.32. The van der Waals surface area contributed by atoms with E-state index in [0.717, 1.165) is 12.3 Å². The Hall–Kier alpha value is -2.26. The molecule has 9 heteroatoms. The van der Waals surface area contributed by atoms with E-state index in [2.05, 4.69) is 15.6 Å². The summed E-state index contributed by atoms with van der Waals surface area (Å²) >= 11 is 5.01. The number of halogens is 4. The van der Waals surface area contributed by atoms with Crippen molar-refractivity contribution in [1.82, 2.24) is 10.3 Å². The molecular weight excluding hydrogens is 382 g/mol. The highest BCUT2D eigenvalue weighted by molar-refractivity contribution is 7.80. The summed E-state index contributed by atoms with van der Waals surface area (Å²) in [5.74, 6) is -4.85. The second-order valence-electron chi connectivity index (χ2n) is 6.68. The molecule has 0 aliphatic carbocycles. The van der Waals surface area contributed by atoms with Crippen molar-refractivity contribution < 1.29 is 22.3 Å². The van der Waals surface area contributed by atoms with Crippen LogP contribution < -0.4 is 10.6 Å². The summed E-state index contributed by atoms with van der Waals surface area (Å²) in [4.78, 5) is 3.75. The van der Waals surface area contributed by atoms with Gasteiger partial charge in [0.2, 0.25) is 0 Å². The van der Waals surface area contributed by atoms with Crippen LogP contribution >= 0.6 is 12.2 Å². The Bertz CT molecular complexity index is 875. The zero-order chi connectivity index (χ0) is 19.8. The molecule has 0 amide bonds. The van der Waals surface area contributed by atoms with Crippen molar-refractivity contribution >= 4 is 28.6 Å². The van der Waals surface area contributed by atoms with E-state index in [0.29, 0.717) is 11.4 Å². The number of thiocarbonyl (C=S) groups is 1. The van der Waals surface area contributed by atoms with Crippen LogP contribution in [0.2, 0.25) is 0 Å². The highest BCUT2D eigenvalue weighted by Crippen LogP contribution is 2.44. The number of anilines is 2. The van der Waals surface area contributed by atoms with Gasteiger partial charge in [0.1, 0.15) is 28.3 Å². The van der Waals surface area contributed by atoms with Crippen LogP contribution in [-0.4, -0.2) is 28.1 Å². The van der Waals surface area contributed by atoms with Crippen molar-refractivity contribution in [3.05, 3.63) is 53.9 Å². The van der Waals surface area contributed by atoms with Gasteiger partial charge in [0.15, 0.2) is 0 Å². The third-order valence-corrected chi connectivity index (χ3v) is 4.57. The summed E-state index contributed by atoms with van der Waals surface area (Å²) < 4.78 is 63.1. The van der Waals surface area contributed by atoms with Gasteiger partial charge in [-0.2, -0.15) is 0 Å². The van der Waals surface area contributed by atoms with Gasteiger partial charge in [-0.1, -0.05) is 12.2 Å². The minimum Gasteiger partial charge on any atom is -0.365 e. The number of alkyl halides is 2. The summed E-state index contributed by atoms with van der Waals surface area (Å²) in [6.07, 6.45) is 2.39. The molecule has 0 unspecified atom stereocenters. The van der Waals surface area contributed by atoms with E-state index in [4.69, 9.17) is 17.0 Å². The second-order valence-corrected chi connectivity index (χ2v) is 7.17. The molecule has 3 rings (SSSR count). The molecule has 144 valence electrons. The molecule has 1 aliphatic heterocycles. The quantitative estimate of drug-likeness (QED) is 0.588. The monoisotopic (exact) mass is 399 g/mol. The number of hydrogen-bond acceptors (Lipinski definition) is 4. The first kappa shape index (κ1) is 19.5. The average Bonchev–Trinajstić information content (AvgIpc) is 2.66. The van der Waals surface area contributed by atoms with Gasteiger partial charge >= 0.3 is 0 Å². The molecule has 2 N–H and O–H groups in total. The van der Waals surface area contributed by atoms with Crippen molar-refractivity contribution in [3.8, 4) is 0 Å². The van der Waals surface area contributed by atoms with E-state index in [1.54, 1.807) is 0 Å². The smallest absolute Gasteiger partial charge is 0.299 e. The predicted octanol–water partition coefficient (Wildman–Crippen LogP) is 4.51. The van der Waals surface area contributed by atoms with E-state index in [1.807, 2.05) is 0 Å². The van der Waals surface area contributed by atoms with Crippen LogP contribution in [0.3, 0.4) is 0 Å². The summed E-state index contributed by atoms with van der Waals surface area (Å²) in [5.41, 5.74) is -1.55. The molecular formula is C18H17F4N3OS. The molecule has 0 bridgehead atoms. The summed E-state index contributed by atoms with van der Waals surface area (Å²) in [6, 6.07) is 3.11. The van der Waals surface area contributed by atoms with Crippen LogP contribution in [0.25, 0.3) is 0 Å². The normalized spacial score (nSPS) is 21.3. The standard InChI is InChI=1S/C18H17F4N3OS/c1-17(2)18(21,22)16(25-15(27)9-26-17)13-6-11(3-4-14(13)20)24-12-5-10(19)7-23-8-12/h3-8,16,24H,9H2,1-2H3,(H,25,27)/t16-/m1/s1. The number of nitrogens with one attached hydrogen (secondary N) is 2. The molecule has 4 nitrogen and oxygen atoms in total. The van der Waals surface area contributed by atoms with Crippen LogP contribution in [-0.2, 0) is 4.74 Å². The molecule has 1 atom stereocenters. The number of rotatable bonds is 3. The maximum absolute atomic E-state index is 15.1. The molecule has 2 aromatic rings. The largest absolute Gasteiger partial charge is 0.365 e. The van der Waals surface area contributed by atoms with Gasteiger partial charge in [-0.3, -0.25) is 4.98 Å². The fourth-order valence-electron chi connectivity index (χ4n) is 2.75. The SMILES string of the molecule is CC1(C)OCC(=S)N[C@H](c2cc(Nc3cncc(F)c3)ccc2F)C1(F)F. The van der Waals surface area contributed by atoms with Crippen molar-refractivity contribution in [3.63, 3.8) is 0 Å². The first-order chi connectivity index (χ1) is 12.6. The molecule has 1 aromatic carbocycles. The van der Waals surface area contributed by atoms with Crippen LogP contribution in [0.4, 0.5) is 28.9 Å². The summed E-state index contributed by atoms with van der Waals surface area (Å²) in [7, 11) is 0. The van der Waals surface area contributed by atoms with Gasteiger partial charge in [0.25, 0.3) is 5.92 Å². The highest BCUT2D eigenvalue weighted by Gasteiger charge is 2.56. The van der Waals surface area contributed by atoms with Crippen LogP contribution in [0.1, 0.15) is 25.5 Å². The van der Waals surface area contributed by atoms with Crippen LogP contribution in [0.5, 0.6) is 0 Å². The highest BCUT2D eigenvalue weighted by atomic mass is 32.1. The lowest BCUT2D eigenvalue weighted by atomic mass is 9.88. The maximum Gasteiger partial charge on any atom is 0.299 e. The molecule has 27 heavy (non-hydrogen) atoms. The third kappa shape index (κ3) is 3.89. The van der Waals surface area contributed by atoms with Gasteiger partial charge in [0, 0.05) is 17.3 Å². The zero-order valence-electron chi connectivity index (χ0n) is 14.5. The molecule has 0 spiro atoms. The topological polar surface area (TPSA) is 46.2 Å². The Morgan fingerprint density at radius 1 is 1.19 bits per heavy atom. The first-order valence-electron chi connectivity index (χ1n) is 8.08. The predicted molar refractivity (Wildman–Crippen MR) is 97.3 cm³/mol. The van der Waals surface area contributed by atoms with E-state index in [1.165, 1.54) is 38.2 Å². The molecule has 1 aliphatic rings. The fraction of sp³-hybridized carbons (Fsp3) is 0.333. The lowest BCUT2D eigenvalue weighted by Crippen LogP contribution is -2.51. The van der Waals surface area contributed by atoms with E-state index in [-0.39, 0.29) is 17.2 Å². The Labute approximate surface area is 158 Å². The Morgan fingerprint density at radius 2 is 1.93 bits per heavy atom. The number of aromatic nitrogens is 1. The third-order valence-electron chi connectivity index (χ3n) is 4.34. The Kier molecular flexibility index (Phi) is 5.09. The zero-order valence-corrected chi connectivity index (χ0v) is 15.3. The van der Waals surface area contributed by atoms with E-state index >= 15 is 8.78 Å². The van der Waals surface area contributed by atoms with Gasteiger partial charge in [-0.15, -0.1) is 0 Å². The van der Waals surface area contributed by atoms with E-state index < -0.39 is 29.2 Å². The summed E-state index contributed by atoms with van der Waals surface area (Å²) in [6.45, 7) is 2.27. The van der Waals surface area contributed by atoms with Crippen molar-refractivity contribution in [2.75, 3.05) is 11.9 Å². The second kappa shape index (κ2) is 7.05. The van der Waals surface area contributed by atoms with E-state index in [9.17, 15) is 8.78 Å². The van der Waals surface area contributed by atoms with Gasteiger partial charge in [-0.05, 0) is 32.0 Å². The molecule has 1 aromatic heterocycles. The Balaban J connectivity index is 2.00. The fourth-order valence-corrected chi connectivity index (χ4v) is 2.92. The molecule has 0 radical (unpaired) electrons. The molecule has 1 saturated heterocycles. The lowest BCUT2D eigenvalue weighted by molar-refractivity contribution is -0.192. The van der Waals surface area contributed by atoms with Gasteiger partial charge < -0.3 is 15.4 Å². The molecule has 0 saturated carbocycles. The van der Waals surface area contributed by atoms with Crippen molar-refractivity contribution in [1.29, 1.82) is 0 Å². The van der Waals surface area contributed by atoms with Crippen LogP contribution in [0.15, 0.2) is 36.7 Å². The number of pyridine rings is 1. The maximum atomic E-state index is 15.1. The van der Waals surface area contributed by atoms with Crippen LogP contribution in [0, 0.1) is 11.6 Å². The first-order valence-corrected chi connectivity index (χ1v) is 8.49. The number of nitrogens with zero attached hydrogens (tertiary/aromatic N) is 1. The van der Waals surface area contributed by atoms with Gasteiger partial charge in [0.05, 0.1) is 24.7 Å². The van der Waals surface area contributed by atoms with Crippen molar-refractivity contribution in [2.24, 2.45) is 0 Å². The van der Waals surface area contributed by atoms with Gasteiger partial charge in [-0.25, -0.2) is 17.6 Å². The number of hydrogen-bond donors (Lipinski definition) is 2. The molecule has 1 fully saturated rings. The minimum atomic E-state index is -3.46. The molecule has 2 heterocycles. The average molecular weight is 399 g/mol.